The van der Waals surface area contributed by atoms with Crippen LogP contribution in [0.25, 0.3) is 33.3 Å². The molecule has 1 saturated carbocycles. The molecule has 7 atom stereocenters. The van der Waals surface area contributed by atoms with Crippen molar-refractivity contribution in [1.29, 1.82) is 0 Å². The molecule has 7 aliphatic rings. The molecule has 3 saturated heterocycles. The van der Waals surface area contributed by atoms with E-state index in [0.29, 0.717) is 68.3 Å². The van der Waals surface area contributed by atoms with Gasteiger partial charge in [-0.3, -0.25) is 24.1 Å². The molecule has 2 N–H and O–H groups in total. The second-order valence-corrected chi connectivity index (χ2v) is 21.8. The van der Waals surface area contributed by atoms with Gasteiger partial charge in [0.1, 0.15) is 23.7 Å². The molecule has 2 aromatic heterocycles. The third kappa shape index (κ3) is 9.00. The minimum Gasteiger partial charge on any atom is -0.464 e. The molecule has 0 bridgehead atoms. The topological polar surface area (TPSA) is 165 Å². The highest BCUT2D eigenvalue weighted by molar-refractivity contribution is 7.12. The zero-order valence-electron chi connectivity index (χ0n) is 41.5. The number of allylic oxidation sites excluding steroid dienone is 1. The van der Waals surface area contributed by atoms with E-state index in [1.54, 1.807) is 22.3 Å². The Morgan fingerprint density at radius 1 is 0.847 bits per heavy atom. The van der Waals surface area contributed by atoms with E-state index in [1.807, 2.05) is 44.0 Å². The van der Waals surface area contributed by atoms with E-state index in [4.69, 9.17) is 28.9 Å². The molecule has 2 aromatic carbocycles. The van der Waals surface area contributed by atoms with Gasteiger partial charge in [0.05, 0.1) is 66.3 Å². The normalized spacial score (nSPS) is 24.5. The van der Waals surface area contributed by atoms with Crippen molar-refractivity contribution in [2.45, 2.75) is 121 Å². The quantitative estimate of drug-likeness (QED) is 0.142. The fraction of sp³-hybridized carbons (Fsp3) is 0.491. The van der Waals surface area contributed by atoms with Crippen molar-refractivity contribution in [3.05, 3.63) is 87.5 Å². The molecule has 15 nitrogen and oxygen atoms in total. The van der Waals surface area contributed by atoms with Gasteiger partial charge < -0.3 is 39.4 Å². The first-order chi connectivity index (χ1) is 34.9. The van der Waals surface area contributed by atoms with Crippen molar-refractivity contribution < 1.29 is 42.5 Å². The lowest BCUT2D eigenvalue weighted by Crippen LogP contribution is -2.55. The van der Waals surface area contributed by atoms with Crippen LogP contribution in [0.2, 0.25) is 0 Å². The number of hydrogen-bond acceptors (Lipinski definition) is 11. The molecular weight excluding hydrogens is 938 g/mol. The first kappa shape index (κ1) is 48.0. The molecule has 0 spiro atoms. The molecular formula is C55H62FN7O8S. The number of nitrogens with one attached hydrogen (secondary N) is 2. The van der Waals surface area contributed by atoms with Gasteiger partial charge in [-0.1, -0.05) is 19.9 Å². The van der Waals surface area contributed by atoms with E-state index in [9.17, 15) is 19.2 Å². The summed E-state index contributed by atoms with van der Waals surface area (Å²) in [6.07, 6.45) is 9.49. The van der Waals surface area contributed by atoms with Crippen LogP contribution in [0, 0.1) is 17.7 Å². The number of halogens is 1. The lowest BCUT2D eigenvalue weighted by atomic mass is 9.87. The van der Waals surface area contributed by atoms with Gasteiger partial charge in [-0.15, -0.1) is 11.3 Å². The highest BCUT2D eigenvalue weighted by Crippen LogP contribution is 2.50. The second kappa shape index (κ2) is 19.6. The molecule has 11 rings (SSSR count). The largest absolute Gasteiger partial charge is 0.464 e. The van der Waals surface area contributed by atoms with Crippen molar-refractivity contribution in [3.8, 4) is 17.0 Å². The molecule has 4 fully saturated rings. The number of likely N-dealkylation sites (tertiary alicyclic amines) is 2. The molecule has 4 aromatic rings. The molecule has 378 valence electrons. The van der Waals surface area contributed by atoms with Gasteiger partial charge in [0, 0.05) is 48.3 Å². The van der Waals surface area contributed by atoms with Crippen LogP contribution < -0.4 is 15.4 Å². The van der Waals surface area contributed by atoms with Crippen molar-refractivity contribution in [1.82, 2.24) is 25.0 Å². The average Bonchev–Trinajstić information content (AvgIpc) is 4.11. The lowest BCUT2D eigenvalue weighted by molar-refractivity contribution is -0.136. The number of alkyl carbamates (subject to hydrolysis) is 2. The summed E-state index contributed by atoms with van der Waals surface area (Å²) < 4.78 is 41.7. The van der Waals surface area contributed by atoms with Gasteiger partial charge in [-0.05, 0) is 147 Å². The number of fused-ring (bicyclic) bond motifs is 5. The Kier molecular flexibility index (Phi) is 13.1. The molecule has 0 radical (unpaired) electrons. The number of aliphatic imine (C=N–C) groups is 2. The van der Waals surface area contributed by atoms with Crippen molar-refractivity contribution in [2.24, 2.45) is 21.8 Å². The minimum atomic E-state index is -0.743. The number of carbonyl (C=O) groups excluding carboxylic acids is 4. The maximum atomic E-state index is 17.0. The molecule has 6 aliphatic heterocycles. The fourth-order valence-electron chi connectivity index (χ4n) is 11.8. The van der Waals surface area contributed by atoms with E-state index in [2.05, 4.69) is 51.6 Å². The number of aromatic nitrogens is 1. The lowest BCUT2D eigenvalue weighted by Gasteiger charge is -2.36. The Balaban J connectivity index is 0.862. The number of carbonyl (C=O) groups is 4. The molecule has 17 heteroatoms. The van der Waals surface area contributed by atoms with Crippen LogP contribution in [0.3, 0.4) is 0 Å². The molecule has 1 aliphatic carbocycles. The first-order valence-electron chi connectivity index (χ1n) is 25.5. The third-order valence-electron chi connectivity index (χ3n) is 15.7. The number of nitrogens with zero attached hydrogens (tertiary/aromatic N) is 5. The van der Waals surface area contributed by atoms with Gasteiger partial charge in [-0.2, -0.15) is 0 Å². The number of methoxy groups -OCH3 is 2. The fourth-order valence-corrected chi connectivity index (χ4v) is 13.0. The van der Waals surface area contributed by atoms with E-state index < -0.39 is 36.3 Å². The molecule has 72 heavy (non-hydrogen) atoms. The van der Waals surface area contributed by atoms with Crippen LogP contribution in [-0.2, 0) is 23.8 Å². The smallest absolute Gasteiger partial charge is 0.407 e. The Labute approximate surface area is 422 Å². The summed E-state index contributed by atoms with van der Waals surface area (Å²) in [7, 11) is 2.60. The van der Waals surface area contributed by atoms with Gasteiger partial charge in [0.2, 0.25) is 18.0 Å². The Morgan fingerprint density at radius 3 is 2.35 bits per heavy atom. The van der Waals surface area contributed by atoms with Gasteiger partial charge in [0.15, 0.2) is 0 Å². The summed E-state index contributed by atoms with van der Waals surface area (Å²) in [5, 5.41) is 6.52. The SMILES string of the molecule is COC(=O)NC(C(=O)N1CCC[C@H]1C1=NC=C(c2ccc3c(c2)cc2n3C(c3ccc(C4CC4)s3)Oc3cc(C4=CC([C@@H]5CCCN5C(=O)[C@@H](NC(=O)OC)C(C)C)=NC4)cc(F)c3-2)C1)C1CCO[C@@H](C)C1. The number of hydrogen-bond donors (Lipinski definition) is 2. The predicted octanol–water partition coefficient (Wildman–Crippen LogP) is 9.25. The van der Waals surface area contributed by atoms with Crippen LogP contribution in [0.4, 0.5) is 14.0 Å². The minimum absolute atomic E-state index is 0.0115. The highest BCUT2D eigenvalue weighted by atomic mass is 32.1. The van der Waals surface area contributed by atoms with Gasteiger partial charge in [0.25, 0.3) is 0 Å². The summed E-state index contributed by atoms with van der Waals surface area (Å²) in [5.41, 5.74) is 7.26. The summed E-state index contributed by atoms with van der Waals surface area (Å²) in [6, 6.07) is 14.3. The van der Waals surface area contributed by atoms with Gasteiger partial charge >= 0.3 is 12.2 Å². The van der Waals surface area contributed by atoms with Crippen LogP contribution in [0.1, 0.15) is 112 Å². The van der Waals surface area contributed by atoms with E-state index in [0.717, 1.165) is 75.3 Å². The van der Waals surface area contributed by atoms with Crippen molar-refractivity contribution in [3.63, 3.8) is 0 Å². The van der Waals surface area contributed by atoms with E-state index in [-0.39, 0.29) is 41.8 Å². The monoisotopic (exact) mass is 999 g/mol. The van der Waals surface area contributed by atoms with Crippen LogP contribution in [0.5, 0.6) is 5.75 Å². The van der Waals surface area contributed by atoms with E-state index in [1.165, 1.54) is 31.9 Å². The number of benzene rings is 2. The average molecular weight is 1000 g/mol. The predicted molar refractivity (Wildman–Crippen MR) is 274 cm³/mol. The van der Waals surface area contributed by atoms with Crippen LogP contribution >= 0.6 is 11.3 Å². The Bertz CT molecular complexity index is 2970. The van der Waals surface area contributed by atoms with Gasteiger partial charge in [-0.25, -0.2) is 14.0 Å². The number of amides is 4. The maximum absolute atomic E-state index is 17.0. The second-order valence-electron chi connectivity index (χ2n) is 20.7. The highest BCUT2D eigenvalue weighted by Gasteiger charge is 2.43. The summed E-state index contributed by atoms with van der Waals surface area (Å²) in [5.74, 6) is 0.104. The number of thiophene rings is 1. The Morgan fingerprint density at radius 2 is 1.60 bits per heavy atom. The third-order valence-corrected chi connectivity index (χ3v) is 16.9. The summed E-state index contributed by atoms with van der Waals surface area (Å²) in [6.45, 7) is 7.78. The molecule has 4 amide bonds. The molecule has 3 unspecified atom stereocenters. The van der Waals surface area contributed by atoms with Crippen molar-refractivity contribution >= 4 is 68.8 Å². The molecule has 8 heterocycles. The maximum Gasteiger partial charge on any atom is 0.407 e. The first-order valence-corrected chi connectivity index (χ1v) is 26.4. The summed E-state index contributed by atoms with van der Waals surface area (Å²) >= 11 is 1.75. The number of rotatable bonds is 12. The summed E-state index contributed by atoms with van der Waals surface area (Å²) in [4.78, 5) is 68.9. The zero-order valence-corrected chi connectivity index (χ0v) is 42.3. The van der Waals surface area contributed by atoms with Crippen LogP contribution in [0.15, 0.2) is 70.8 Å². The van der Waals surface area contributed by atoms with Crippen LogP contribution in [-0.4, -0.2) is 121 Å². The number of ether oxygens (including phenoxy) is 4. The Hall–Kier alpha value is -6.33. The van der Waals surface area contributed by atoms with Crippen molar-refractivity contribution in [2.75, 3.05) is 40.5 Å². The van der Waals surface area contributed by atoms with E-state index >= 15 is 4.39 Å². The zero-order chi connectivity index (χ0) is 49.9. The standard InChI is InChI=1S/C55H62FN7O8S/c1-29(2)49(59-54(66)68-4)51(64)61-17-6-8-42(61)40-24-37(28-58-40)34-22-38(56)48-44-25-35-21-32(12-13-41(35)63(44)53(71-45(48)26-34)47-15-14-46(72-47)31-10-11-31)36-23-39(57-27-36)43-9-7-18-62(43)52(65)50(60-55(67)69-5)33-16-19-70-30(3)20-33/h12-15,21-22,24-27,29-31,33,42-43,49-50,53H,6-11,16-20,23,28H2,1-5H3,(H,59,66)(H,60,67)/t30-,33?,42-,43-,49-,50?,53?/m0/s1.